The van der Waals surface area contributed by atoms with E-state index >= 15 is 0 Å². The maximum atomic E-state index is 10.9. The lowest BCUT2D eigenvalue weighted by molar-refractivity contribution is -0.137. The Morgan fingerprint density at radius 1 is 1.53 bits per heavy atom. The number of benzene rings is 1. The molecule has 0 aliphatic heterocycles. The van der Waals surface area contributed by atoms with E-state index in [1.807, 2.05) is 25.1 Å². The van der Waals surface area contributed by atoms with Gasteiger partial charge in [0.25, 0.3) is 0 Å². The minimum Gasteiger partial charge on any atom is -0.468 e. The van der Waals surface area contributed by atoms with Crippen molar-refractivity contribution >= 4 is 17.7 Å². The van der Waals surface area contributed by atoms with Crippen LogP contribution in [-0.2, 0) is 16.1 Å². The number of esters is 1. The van der Waals surface area contributed by atoms with Gasteiger partial charge in [-0.2, -0.15) is 0 Å². The zero-order valence-electron chi connectivity index (χ0n) is 8.82. The van der Waals surface area contributed by atoms with Crippen LogP contribution in [0.4, 0.5) is 0 Å². The highest BCUT2D eigenvalue weighted by molar-refractivity contribution is 8.00. The molecular weight excluding hydrogens is 212 g/mol. The molecule has 1 N–H and O–H groups in total. The Kier molecular flexibility index (Phi) is 4.65. The first kappa shape index (κ1) is 12.1. The number of carbonyl (C=O) groups is 1. The van der Waals surface area contributed by atoms with Crippen molar-refractivity contribution in [3.63, 3.8) is 0 Å². The van der Waals surface area contributed by atoms with E-state index in [4.69, 9.17) is 5.11 Å². The fraction of sp³-hybridized carbons (Fsp3) is 0.364. The largest absolute Gasteiger partial charge is 0.468 e. The number of aliphatic hydroxyl groups excluding tert-OH is 1. The second kappa shape index (κ2) is 5.78. The minimum absolute atomic E-state index is 0.0494. The first-order chi connectivity index (χ1) is 7.17. The van der Waals surface area contributed by atoms with Crippen molar-refractivity contribution in [2.24, 2.45) is 0 Å². The quantitative estimate of drug-likeness (QED) is 0.627. The van der Waals surface area contributed by atoms with E-state index in [0.29, 0.717) is 5.75 Å². The molecule has 3 nitrogen and oxygen atoms in total. The normalized spacial score (nSPS) is 10.1. The third kappa shape index (κ3) is 3.57. The summed E-state index contributed by atoms with van der Waals surface area (Å²) in [6, 6.07) is 5.72. The molecule has 0 amide bonds. The van der Waals surface area contributed by atoms with Crippen molar-refractivity contribution in [3.05, 3.63) is 29.3 Å². The van der Waals surface area contributed by atoms with Crippen molar-refractivity contribution < 1.29 is 14.6 Å². The molecule has 15 heavy (non-hydrogen) atoms. The molecule has 1 aromatic rings. The zero-order valence-corrected chi connectivity index (χ0v) is 9.63. The lowest BCUT2D eigenvalue weighted by atomic mass is 10.1. The van der Waals surface area contributed by atoms with E-state index in [2.05, 4.69) is 4.74 Å². The molecule has 0 spiro atoms. The predicted octanol–water partition coefficient (Wildman–Crippen LogP) is 1.75. The second-order valence-corrected chi connectivity index (χ2v) is 4.16. The van der Waals surface area contributed by atoms with Crippen molar-refractivity contribution in [1.29, 1.82) is 0 Å². The Morgan fingerprint density at radius 2 is 2.27 bits per heavy atom. The third-order valence-electron chi connectivity index (χ3n) is 2.07. The van der Waals surface area contributed by atoms with E-state index in [1.54, 1.807) is 0 Å². The first-order valence-electron chi connectivity index (χ1n) is 4.57. The molecule has 0 heterocycles. The number of methoxy groups -OCH3 is 1. The lowest BCUT2D eigenvalue weighted by Crippen LogP contribution is -2.02. The number of aliphatic hydroxyl groups is 1. The van der Waals surface area contributed by atoms with E-state index in [9.17, 15) is 4.79 Å². The molecule has 4 heteroatoms. The van der Waals surface area contributed by atoms with E-state index in [1.165, 1.54) is 18.9 Å². The molecule has 0 saturated heterocycles. The van der Waals surface area contributed by atoms with Crippen LogP contribution in [-0.4, -0.2) is 23.9 Å². The van der Waals surface area contributed by atoms with Crippen LogP contribution < -0.4 is 0 Å². The van der Waals surface area contributed by atoms with Gasteiger partial charge in [-0.25, -0.2) is 0 Å². The maximum Gasteiger partial charge on any atom is 0.315 e. The summed E-state index contributed by atoms with van der Waals surface area (Å²) in [5.41, 5.74) is 1.95. The average molecular weight is 226 g/mol. The number of ether oxygens (including phenoxy) is 1. The van der Waals surface area contributed by atoms with Crippen LogP contribution in [0.3, 0.4) is 0 Å². The predicted molar refractivity (Wildman–Crippen MR) is 59.8 cm³/mol. The number of rotatable bonds is 4. The molecule has 0 radical (unpaired) electrons. The number of hydrogen-bond donors (Lipinski definition) is 1. The van der Waals surface area contributed by atoms with Gasteiger partial charge in [0.2, 0.25) is 0 Å². The van der Waals surface area contributed by atoms with Gasteiger partial charge < -0.3 is 9.84 Å². The number of aryl methyl sites for hydroxylation is 1. The van der Waals surface area contributed by atoms with Crippen LogP contribution >= 0.6 is 11.8 Å². The van der Waals surface area contributed by atoms with Crippen LogP contribution in [0.25, 0.3) is 0 Å². The van der Waals surface area contributed by atoms with Crippen LogP contribution in [0.1, 0.15) is 11.1 Å². The van der Waals surface area contributed by atoms with Gasteiger partial charge in [-0.05, 0) is 30.2 Å². The fourth-order valence-electron chi connectivity index (χ4n) is 1.14. The van der Waals surface area contributed by atoms with E-state index in [-0.39, 0.29) is 12.6 Å². The molecule has 0 bridgehead atoms. The monoisotopic (exact) mass is 226 g/mol. The molecule has 0 fully saturated rings. The van der Waals surface area contributed by atoms with Crippen LogP contribution in [0.2, 0.25) is 0 Å². The summed E-state index contributed by atoms with van der Waals surface area (Å²) in [6.45, 7) is 1.99. The van der Waals surface area contributed by atoms with Crippen molar-refractivity contribution in [2.75, 3.05) is 12.9 Å². The summed E-state index contributed by atoms with van der Waals surface area (Å²) < 4.78 is 4.55. The highest BCUT2D eigenvalue weighted by Gasteiger charge is 2.03. The molecule has 0 atom stereocenters. The number of hydrogen-bond acceptors (Lipinski definition) is 4. The Morgan fingerprint density at radius 3 is 2.80 bits per heavy atom. The van der Waals surface area contributed by atoms with Gasteiger partial charge in [-0.3, -0.25) is 4.79 Å². The van der Waals surface area contributed by atoms with Gasteiger partial charge in [0.05, 0.1) is 19.5 Å². The summed E-state index contributed by atoms with van der Waals surface area (Å²) in [6.07, 6.45) is 0. The Bertz CT molecular complexity index is 350. The zero-order chi connectivity index (χ0) is 11.3. The van der Waals surface area contributed by atoms with Gasteiger partial charge in [-0.15, -0.1) is 11.8 Å². The minimum atomic E-state index is -0.233. The Labute approximate surface area is 93.4 Å². The van der Waals surface area contributed by atoms with E-state index in [0.717, 1.165) is 16.0 Å². The molecule has 0 aliphatic rings. The number of carbonyl (C=O) groups excluding carboxylic acids is 1. The molecule has 0 unspecified atom stereocenters. The molecule has 82 valence electrons. The number of thioether (sulfide) groups is 1. The Balaban J connectivity index is 2.63. The van der Waals surface area contributed by atoms with Crippen LogP contribution in [0.15, 0.2) is 23.1 Å². The standard InChI is InChI=1S/C11H14O3S/c1-8-5-10(4-3-9(8)6-12)15-7-11(13)14-2/h3-5,12H,6-7H2,1-2H3. The molecule has 1 rings (SSSR count). The van der Waals surface area contributed by atoms with E-state index < -0.39 is 0 Å². The topological polar surface area (TPSA) is 46.5 Å². The van der Waals surface area contributed by atoms with Crippen molar-refractivity contribution in [3.8, 4) is 0 Å². The van der Waals surface area contributed by atoms with Crippen molar-refractivity contribution in [2.45, 2.75) is 18.4 Å². The van der Waals surface area contributed by atoms with Gasteiger partial charge in [0.15, 0.2) is 0 Å². The lowest BCUT2D eigenvalue weighted by Gasteiger charge is -2.05. The molecule has 0 saturated carbocycles. The molecule has 0 aromatic heterocycles. The Hall–Kier alpha value is -1.00. The highest BCUT2D eigenvalue weighted by Crippen LogP contribution is 2.21. The smallest absolute Gasteiger partial charge is 0.315 e. The van der Waals surface area contributed by atoms with Gasteiger partial charge >= 0.3 is 5.97 Å². The van der Waals surface area contributed by atoms with Gasteiger partial charge in [-0.1, -0.05) is 6.07 Å². The summed E-state index contributed by atoms with van der Waals surface area (Å²) in [4.78, 5) is 11.9. The first-order valence-corrected chi connectivity index (χ1v) is 5.56. The summed E-state index contributed by atoms with van der Waals surface area (Å²) in [5, 5.41) is 8.98. The molecular formula is C11H14O3S. The summed E-state index contributed by atoms with van der Waals surface area (Å²) in [5.74, 6) is 0.0814. The molecule has 1 aromatic carbocycles. The van der Waals surface area contributed by atoms with Gasteiger partial charge in [0.1, 0.15) is 0 Å². The highest BCUT2D eigenvalue weighted by atomic mass is 32.2. The fourth-order valence-corrected chi connectivity index (χ4v) is 1.96. The average Bonchev–Trinajstić information content (AvgIpc) is 2.26. The maximum absolute atomic E-state index is 10.9. The summed E-state index contributed by atoms with van der Waals surface area (Å²) in [7, 11) is 1.38. The van der Waals surface area contributed by atoms with Gasteiger partial charge in [0, 0.05) is 4.90 Å². The SMILES string of the molecule is COC(=O)CSc1ccc(CO)c(C)c1. The van der Waals surface area contributed by atoms with Crippen molar-refractivity contribution in [1.82, 2.24) is 0 Å². The second-order valence-electron chi connectivity index (χ2n) is 3.11. The van der Waals surface area contributed by atoms with Crippen LogP contribution in [0, 0.1) is 6.92 Å². The van der Waals surface area contributed by atoms with Crippen LogP contribution in [0.5, 0.6) is 0 Å². The summed E-state index contributed by atoms with van der Waals surface area (Å²) >= 11 is 1.43. The third-order valence-corrected chi connectivity index (χ3v) is 3.04. The molecule has 0 aliphatic carbocycles.